The topological polar surface area (TPSA) is 9.23 Å². The van der Waals surface area contributed by atoms with E-state index in [1.54, 1.807) is 13.4 Å². The van der Waals surface area contributed by atoms with Gasteiger partial charge in [0.15, 0.2) is 0 Å². The quantitative estimate of drug-likeness (QED) is 0.446. The molecule has 0 N–H and O–H groups in total. The number of ether oxygens (including phenoxy) is 1. The number of methoxy groups -OCH3 is 1. The molecule has 11 heavy (non-hydrogen) atoms. The first kappa shape index (κ1) is 10.0. The van der Waals surface area contributed by atoms with E-state index in [4.69, 9.17) is 4.74 Å². The minimum Gasteiger partial charge on any atom is -0.504 e. The Labute approximate surface area is 69.1 Å². The fraction of sp³-hybridized carbons (Fsp3) is 0.400. The average Bonchev–Trinajstić information content (AvgIpc) is 1.97. The van der Waals surface area contributed by atoms with Gasteiger partial charge in [0.05, 0.1) is 13.4 Å². The molecule has 0 spiro atoms. The third-order valence-corrected chi connectivity index (χ3v) is 1.15. The van der Waals surface area contributed by atoms with Gasteiger partial charge in [-0.1, -0.05) is 17.7 Å². The van der Waals surface area contributed by atoms with E-state index in [0.29, 0.717) is 0 Å². The van der Waals surface area contributed by atoms with Crippen LogP contribution in [0.25, 0.3) is 0 Å². The summed E-state index contributed by atoms with van der Waals surface area (Å²) < 4.78 is 4.78. The van der Waals surface area contributed by atoms with Crippen LogP contribution in [-0.2, 0) is 4.74 Å². The van der Waals surface area contributed by atoms with Crippen LogP contribution in [0.1, 0.15) is 20.8 Å². The van der Waals surface area contributed by atoms with Gasteiger partial charge in [0.2, 0.25) is 0 Å². The molecule has 0 saturated carbocycles. The second kappa shape index (κ2) is 5.78. The molecule has 0 aliphatic carbocycles. The van der Waals surface area contributed by atoms with E-state index in [1.807, 2.05) is 13.0 Å². The van der Waals surface area contributed by atoms with Crippen molar-refractivity contribution in [2.75, 3.05) is 7.11 Å². The molecule has 0 unspecified atom stereocenters. The molecule has 0 rings (SSSR count). The predicted molar refractivity (Wildman–Crippen MR) is 49.3 cm³/mol. The van der Waals surface area contributed by atoms with E-state index in [9.17, 15) is 0 Å². The molecule has 0 radical (unpaired) electrons. The van der Waals surface area contributed by atoms with Gasteiger partial charge >= 0.3 is 0 Å². The van der Waals surface area contributed by atoms with Crippen molar-refractivity contribution in [2.45, 2.75) is 20.8 Å². The Bertz CT molecular complexity index is 181. The molecule has 0 aromatic carbocycles. The van der Waals surface area contributed by atoms with Crippen LogP contribution in [-0.4, -0.2) is 7.11 Å². The largest absolute Gasteiger partial charge is 0.504 e. The number of hydrogen-bond acceptors (Lipinski definition) is 1. The van der Waals surface area contributed by atoms with Crippen molar-refractivity contribution in [1.29, 1.82) is 0 Å². The van der Waals surface area contributed by atoms with E-state index >= 15 is 0 Å². The van der Waals surface area contributed by atoms with Gasteiger partial charge in [0, 0.05) is 0 Å². The molecule has 62 valence electrons. The second-order valence-corrected chi connectivity index (χ2v) is 2.69. The van der Waals surface area contributed by atoms with Crippen LogP contribution >= 0.6 is 0 Å². The van der Waals surface area contributed by atoms with Crippen molar-refractivity contribution < 1.29 is 4.74 Å². The first-order valence-electron chi connectivity index (χ1n) is 3.68. The lowest BCUT2D eigenvalue weighted by atomic mass is 10.2. The van der Waals surface area contributed by atoms with Crippen LogP contribution in [0.15, 0.2) is 35.6 Å². The highest BCUT2D eigenvalue weighted by atomic mass is 16.5. The van der Waals surface area contributed by atoms with Crippen LogP contribution in [0.5, 0.6) is 0 Å². The van der Waals surface area contributed by atoms with Crippen molar-refractivity contribution in [3.05, 3.63) is 35.6 Å². The highest BCUT2D eigenvalue weighted by Gasteiger charge is 1.78. The summed E-state index contributed by atoms with van der Waals surface area (Å²) >= 11 is 0. The van der Waals surface area contributed by atoms with Gasteiger partial charge in [-0.15, -0.1) is 0 Å². The summed E-state index contributed by atoms with van der Waals surface area (Å²) in [6.45, 7) is 6.18. The lowest BCUT2D eigenvalue weighted by molar-refractivity contribution is 0.338. The minimum absolute atomic E-state index is 1.19. The summed E-state index contributed by atoms with van der Waals surface area (Å²) in [5.74, 6) is 0. The highest BCUT2D eigenvalue weighted by molar-refractivity contribution is 5.22. The molecule has 0 atom stereocenters. The maximum atomic E-state index is 4.78. The zero-order valence-corrected chi connectivity index (χ0v) is 7.72. The first-order valence-corrected chi connectivity index (χ1v) is 3.68. The summed E-state index contributed by atoms with van der Waals surface area (Å²) in [6.07, 6.45) is 7.74. The van der Waals surface area contributed by atoms with E-state index in [1.165, 1.54) is 11.1 Å². The third kappa shape index (κ3) is 6.91. The maximum absolute atomic E-state index is 4.78. The normalized spacial score (nSPS) is 11.8. The van der Waals surface area contributed by atoms with Gasteiger partial charge < -0.3 is 4.74 Å². The van der Waals surface area contributed by atoms with Crippen LogP contribution in [0.4, 0.5) is 0 Å². The summed E-state index contributed by atoms with van der Waals surface area (Å²) in [5.41, 5.74) is 2.49. The standard InChI is InChI=1S/C10H16O/c1-9(2)5-6-10(3)7-8-11-4/h5-8H,1-4H3/b8-7+,10-6-. The third-order valence-electron chi connectivity index (χ3n) is 1.15. The Morgan fingerprint density at radius 2 is 1.73 bits per heavy atom. The lowest BCUT2D eigenvalue weighted by Gasteiger charge is -1.89. The van der Waals surface area contributed by atoms with Gasteiger partial charge in [-0.2, -0.15) is 0 Å². The number of rotatable bonds is 3. The fourth-order valence-corrected chi connectivity index (χ4v) is 0.529. The highest BCUT2D eigenvalue weighted by Crippen LogP contribution is 1.97. The molecule has 0 amide bonds. The number of hydrogen-bond donors (Lipinski definition) is 0. The molecule has 0 aromatic rings. The van der Waals surface area contributed by atoms with Crippen molar-refractivity contribution in [3.8, 4) is 0 Å². The number of allylic oxidation sites excluding steroid dienone is 5. The van der Waals surface area contributed by atoms with Crippen molar-refractivity contribution >= 4 is 0 Å². The van der Waals surface area contributed by atoms with E-state index in [-0.39, 0.29) is 0 Å². The Morgan fingerprint density at radius 3 is 2.18 bits per heavy atom. The maximum Gasteiger partial charge on any atom is 0.0827 e. The molecule has 0 saturated heterocycles. The van der Waals surface area contributed by atoms with E-state index in [0.717, 1.165) is 0 Å². The second-order valence-electron chi connectivity index (χ2n) is 2.69. The molecular weight excluding hydrogens is 136 g/mol. The zero-order chi connectivity index (χ0) is 8.69. The van der Waals surface area contributed by atoms with Gasteiger partial charge in [-0.3, -0.25) is 0 Å². The molecular formula is C10H16O. The van der Waals surface area contributed by atoms with Crippen LogP contribution in [0, 0.1) is 0 Å². The van der Waals surface area contributed by atoms with E-state index in [2.05, 4.69) is 26.0 Å². The Kier molecular flexibility index (Phi) is 5.26. The van der Waals surface area contributed by atoms with Crippen molar-refractivity contribution in [2.24, 2.45) is 0 Å². The molecule has 0 aromatic heterocycles. The van der Waals surface area contributed by atoms with Crippen molar-refractivity contribution in [3.63, 3.8) is 0 Å². The molecule has 0 fully saturated rings. The summed E-state index contributed by atoms with van der Waals surface area (Å²) in [7, 11) is 1.64. The predicted octanol–water partition coefficient (Wildman–Crippen LogP) is 3.06. The van der Waals surface area contributed by atoms with Gasteiger partial charge in [0.1, 0.15) is 0 Å². The minimum atomic E-state index is 1.19. The monoisotopic (exact) mass is 152 g/mol. The van der Waals surface area contributed by atoms with Crippen LogP contribution < -0.4 is 0 Å². The lowest BCUT2D eigenvalue weighted by Crippen LogP contribution is -1.69. The van der Waals surface area contributed by atoms with Gasteiger partial charge in [0.25, 0.3) is 0 Å². The molecule has 1 heteroatoms. The molecule has 0 aliphatic heterocycles. The SMILES string of the molecule is CO/C=C/C(C)=C\C=C(C)C. The summed E-state index contributed by atoms with van der Waals surface area (Å²) in [5, 5.41) is 0. The first-order chi connectivity index (χ1) is 5.16. The van der Waals surface area contributed by atoms with Gasteiger partial charge in [-0.25, -0.2) is 0 Å². The van der Waals surface area contributed by atoms with Crippen molar-refractivity contribution in [1.82, 2.24) is 0 Å². The van der Waals surface area contributed by atoms with Gasteiger partial charge in [-0.05, 0) is 32.4 Å². The molecule has 0 heterocycles. The van der Waals surface area contributed by atoms with Crippen LogP contribution in [0.2, 0.25) is 0 Å². The molecule has 0 bridgehead atoms. The summed E-state index contributed by atoms with van der Waals surface area (Å²) in [4.78, 5) is 0. The molecule has 0 aliphatic rings. The Hall–Kier alpha value is -0.980. The summed E-state index contributed by atoms with van der Waals surface area (Å²) in [6, 6.07) is 0. The smallest absolute Gasteiger partial charge is 0.0827 e. The van der Waals surface area contributed by atoms with Crippen LogP contribution in [0.3, 0.4) is 0 Å². The van der Waals surface area contributed by atoms with E-state index < -0.39 is 0 Å². The fourth-order valence-electron chi connectivity index (χ4n) is 0.529. The molecule has 1 nitrogen and oxygen atoms in total. The Balaban J connectivity index is 4.01. The zero-order valence-electron chi connectivity index (χ0n) is 7.72. The Morgan fingerprint density at radius 1 is 1.09 bits per heavy atom. The average molecular weight is 152 g/mol.